The van der Waals surface area contributed by atoms with Crippen molar-refractivity contribution in [1.29, 1.82) is 0 Å². The van der Waals surface area contributed by atoms with Crippen molar-refractivity contribution in [2.24, 2.45) is 0 Å². The summed E-state index contributed by atoms with van der Waals surface area (Å²) < 4.78 is 15.2. The Balaban J connectivity index is 2.12. The standard InChI is InChI=1S/C19H22N2O8/c1-19(2,3)29-18(26)21-13(16(23)24)9-20-15(22)12-7-10-5-6-11(27-4)8-14(10)28-17(12)25/h5-8,13H,9H2,1-4H3,(H,20,22)(H,21,26)(H,23,24)/t13-/m0/s1. The van der Waals surface area contributed by atoms with Crippen molar-refractivity contribution >= 4 is 28.9 Å². The van der Waals surface area contributed by atoms with Gasteiger partial charge in [0, 0.05) is 18.0 Å². The molecule has 1 atom stereocenters. The summed E-state index contributed by atoms with van der Waals surface area (Å²) in [6, 6.07) is 4.62. The highest BCUT2D eigenvalue weighted by Crippen LogP contribution is 2.20. The molecule has 0 saturated carbocycles. The van der Waals surface area contributed by atoms with E-state index in [1.54, 1.807) is 32.9 Å². The van der Waals surface area contributed by atoms with Crippen molar-refractivity contribution in [3.05, 3.63) is 40.2 Å². The minimum Gasteiger partial charge on any atom is -0.497 e. The highest BCUT2D eigenvalue weighted by atomic mass is 16.6. The lowest BCUT2D eigenvalue weighted by Crippen LogP contribution is -2.50. The van der Waals surface area contributed by atoms with Gasteiger partial charge in [0.1, 0.15) is 28.5 Å². The molecular weight excluding hydrogens is 384 g/mol. The minimum atomic E-state index is -1.45. The number of rotatable bonds is 6. The molecule has 1 aromatic heterocycles. The summed E-state index contributed by atoms with van der Waals surface area (Å²) in [7, 11) is 1.46. The molecule has 0 aliphatic carbocycles. The number of carbonyl (C=O) groups excluding carboxylic acids is 2. The Bertz CT molecular complexity index is 990. The zero-order valence-corrected chi connectivity index (χ0v) is 16.4. The van der Waals surface area contributed by atoms with Crippen LogP contribution in [0.2, 0.25) is 0 Å². The second kappa shape index (κ2) is 8.63. The van der Waals surface area contributed by atoms with E-state index in [2.05, 4.69) is 10.6 Å². The van der Waals surface area contributed by atoms with Crippen LogP contribution in [0.3, 0.4) is 0 Å². The number of methoxy groups -OCH3 is 1. The van der Waals surface area contributed by atoms with Crippen molar-refractivity contribution < 1.29 is 33.4 Å². The largest absolute Gasteiger partial charge is 0.497 e. The van der Waals surface area contributed by atoms with E-state index >= 15 is 0 Å². The lowest BCUT2D eigenvalue weighted by atomic mass is 10.1. The first-order valence-corrected chi connectivity index (χ1v) is 8.62. The van der Waals surface area contributed by atoms with Gasteiger partial charge in [-0.2, -0.15) is 0 Å². The second-order valence-electron chi connectivity index (χ2n) is 7.10. The van der Waals surface area contributed by atoms with Crippen molar-refractivity contribution in [3.8, 4) is 5.75 Å². The van der Waals surface area contributed by atoms with Gasteiger partial charge in [0.2, 0.25) is 0 Å². The van der Waals surface area contributed by atoms with Crippen molar-refractivity contribution in [1.82, 2.24) is 10.6 Å². The molecular formula is C19H22N2O8. The third-order valence-electron chi connectivity index (χ3n) is 3.64. The monoisotopic (exact) mass is 406 g/mol. The molecule has 0 radical (unpaired) electrons. The summed E-state index contributed by atoms with van der Waals surface area (Å²) in [6.45, 7) is 4.41. The Morgan fingerprint density at radius 3 is 2.48 bits per heavy atom. The minimum absolute atomic E-state index is 0.237. The van der Waals surface area contributed by atoms with Crippen LogP contribution in [0, 0.1) is 0 Å². The molecule has 1 aromatic carbocycles. The quantitative estimate of drug-likeness (QED) is 0.612. The van der Waals surface area contributed by atoms with Gasteiger partial charge in [0.25, 0.3) is 5.91 Å². The number of benzene rings is 1. The van der Waals surface area contributed by atoms with E-state index in [1.807, 2.05) is 0 Å². The third-order valence-corrected chi connectivity index (χ3v) is 3.64. The van der Waals surface area contributed by atoms with Gasteiger partial charge in [-0.3, -0.25) is 4.79 Å². The van der Waals surface area contributed by atoms with E-state index < -0.39 is 41.8 Å². The average Bonchev–Trinajstić information content (AvgIpc) is 2.61. The number of carboxylic acids is 1. The molecule has 2 rings (SSSR count). The van der Waals surface area contributed by atoms with Crippen molar-refractivity contribution in [3.63, 3.8) is 0 Å². The van der Waals surface area contributed by atoms with Crippen LogP contribution in [0.15, 0.2) is 33.5 Å². The summed E-state index contributed by atoms with van der Waals surface area (Å²) in [4.78, 5) is 47.5. The number of nitrogens with one attached hydrogen (secondary N) is 2. The van der Waals surface area contributed by atoms with Crippen molar-refractivity contribution in [2.75, 3.05) is 13.7 Å². The number of amides is 2. The molecule has 0 aliphatic heterocycles. The molecule has 0 fully saturated rings. The predicted octanol–water partition coefficient (Wildman–Crippen LogP) is 1.51. The SMILES string of the molecule is COc1ccc2cc(C(=O)NC[C@H](NC(=O)OC(C)(C)C)C(=O)O)c(=O)oc2c1. The van der Waals surface area contributed by atoms with E-state index in [0.717, 1.165) is 0 Å². The van der Waals surface area contributed by atoms with Crippen LogP contribution in [0.4, 0.5) is 4.79 Å². The number of hydrogen-bond acceptors (Lipinski definition) is 7. The maximum absolute atomic E-state index is 12.3. The molecule has 2 aromatic rings. The van der Waals surface area contributed by atoms with Crippen LogP contribution >= 0.6 is 0 Å². The lowest BCUT2D eigenvalue weighted by Gasteiger charge is -2.22. The molecule has 3 N–H and O–H groups in total. The zero-order chi connectivity index (χ0) is 21.8. The molecule has 2 amide bonds. The summed E-state index contributed by atoms with van der Waals surface area (Å²) in [5.41, 5.74) is -1.77. The van der Waals surface area contributed by atoms with Gasteiger partial charge in [-0.05, 0) is 39.0 Å². The number of fused-ring (bicyclic) bond motifs is 1. The van der Waals surface area contributed by atoms with Gasteiger partial charge in [-0.25, -0.2) is 14.4 Å². The zero-order valence-electron chi connectivity index (χ0n) is 16.4. The first-order chi connectivity index (χ1) is 13.5. The molecule has 0 saturated heterocycles. The predicted molar refractivity (Wildman–Crippen MR) is 102 cm³/mol. The number of ether oxygens (including phenoxy) is 2. The Labute approximate surface area is 165 Å². The van der Waals surface area contributed by atoms with Gasteiger partial charge in [0.05, 0.1) is 7.11 Å². The topological polar surface area (TPSA) is 144 Å². The molecule has 10 nitrogen and oxygen atoms in total. The van der Waals surface area contributed by atoms with Gasteiger partial charge in [-0.15, -0.1) is 0 Å². The van der Waals surface area contributed by atoms with Gasteiger partial charge >= 0.3 is 17.7 Å². The number of carboxylic acid groups (broad SMARTS) is 1. The fourth-order valence-corrected chi connectivity index (χ4v) is 2.32. The van der Waals surface area contributed by atoms with E-state index in [-0.39, 0.29) is 11.1 Å². The first kappa shape index (κ1) is 21.7. The van der Waals surface area contributed by atoms with Crippen LogP contribution < -0.4 is 21.0 Å². The van der Waals surface area contributed by atoms with Gasteiger partial charge < -0.3 is 29.6 Å². The molecule has 1 heterocycles. The normalized spacial score (nSPS) is 12.1. The average molecular weight is 406 g/mol. The highest BCUT2D eigenvalue weighted by molar-refractivity contribution is 5.97. The van der Waals surface area contributed by atoms with Crippen LogP contribution in [0.5, 0.6) is 5.75 Å². The van der Waals surface area contributed by atoms with Crippen LogP contribution in [-0.4, -0.2) is 48.4 Å². The van der Waals surface area contributed by atoms with E-state index in [4.69, 9.17) is 13.9 Å². The Morgan fingerprint density at radius 2 is 1.90 bits per heavy atom. The smallest absolute Gasteiger partial charge is 0.408 e. The summed E-state index contributed by atoms with van der Waals surface area (Å²) >= 11 is 0. The fraction of sp³-hybridized carbons (Fsp3) is 0.368. The maximum atomic E-state index is 12.3. The summed E-state index contributed by atoms with van der Waals surface area (Å²) in [5, 5.41) is 14.2. The van der Waals surface area contributed by atoms with E-state index in [9.17, 15) is 24.3 Å². The summed E-state index contributed by atoms with van der Waals surface area (Å²) in [6.07, 6.45) is -0.946. The van der Waals surface area contributed by atoms with Crippen LogP contribution in [0.1, 0.15) is 31.1 Å². The number of hydrogen-bond donors (Lipinski definition) is 3. The molecule has 0 unspecified atom stereocenters. The summed E-state index contributed by atoms with van der Waals surface area (Å²) in [5.74, 6) is -1.74. The third kappa shape index (κ3) is 5.96. The van der Waals surface area contributed by atoms with Crippen molar-refractivity contribution in [2.45, 2.75) is 32.4 Å². The number of carbonyl (C=O) groups is 3. The first-order valence-electron chi connectivity index (χ1n) is 8.62. The molecule has 156 valence electrons. The Kier molecular flexibility index (Phi) is 6.47. The van der Waals surface area contributed by atoms with E-state index in [1.165, 1.54) is 19.2 Å². The molecule has 0 spiro atoms. The highest BCUT2D eigenvalue weighted by Gasteiger charge is 2.25. The van der Waals surface area contributed by atoms with Gasteiger partial charge in [0.15, 0.2) is 0 Å². The molecule has 0 aliphatic rings. The van der Waals surface area contributed by atoms with Gasteiger partial charge in [-0.1, -0.05) is 0 Å². The Morgan fingerprint density at radius 1 is 1.21 bits per heavy atom. The molecule has 10 heteroatoms. The molecule has 0 bridgehead atoms. The maximum Gasteiger partial charge on any atom is 0.408 e. The number of alkyl carbamates (subject to hydrolysis) is 1. The fourth-order valence-electron chi connectivity index (χ4n) is 2.32. The Hall–Kier alpha value is -3.56. The number of aliphatic carboxylic acids is 1. The lowest BCUT2D eigenvalue weighted by molar-refractivity contribution is -0.139. The molecule has 29 heavy (non-hydrogen) atoms. The van der Waals surface area contributed by atoms with Crippen LogP contribution in [-0.2, 0) is 9.53 Å². The van der Waals surface area contributed by atoms with Crippen LogP contribution in [0.25, 0.3) is 11.0 Å². The second-order valence-corrected chi connectivity index (χ2v) is 7.10. The van der Waals surface area contributed by atoms with E-state index in [0.29, 0.717) is 11.1 Å².